The minimum absolute atomic E-state index is 0.0742. The first kappa shape index (κ1) is 11.0. The summed E-state index contributed by atoms with van der Waals surface area (Å²) >= 11 is 1.69. The summed E-state index contributed by atoms with van der Waals surface area (Å²) in [6, 6.07) is 4.10. The highest BCUT2D eigenvalue weighted by atomic mass is 32.1. The molecule has 0 spiro atoms. The van der Waals surface area contributed by atoms with Gasteiger partial charge in [-0.05, 0) is 18.6 Å². The zero-order valence-electron chi connectivity index (χ0n) is 9.01. The molecule has 0 saturated heterocycles. The summed E-state index contributed by atoms with van der Waals surface area (Å²) in [5, 5.41) is 0. The lowest BCUT2D eigenvalue weighted by Crippen LogP contribution is -2.03. The van der Waals surface area contributed by atoms with Crippen LogP contribution in [0.3, 0.4) is 0 Å². The molecular formula is C12H12N2OS. The van der Waals surface area contributed by atoms with E-state index in [9.17, 15) is 4.79 Å². The van der Waals surface area contributed by atoms with Gasteiger partial charge in [-0.25, -0.2) is 9.97 Å². The van der Waals surface area contributed by atoms with Crippen molar-refractivity contribution in [2.45, 2.75) is 19.8 Å². The predicted octanol–water partition coefficient (Wildman–Crippen LogP) is 2.53. The molecule has 16 heavy (non-hydrogen) atoms. The zero-order valence-corrected chi connectivity index (χ0v) is 9.83. The van der Waals surface area contributed by atoms with E-state index in [0.717, 1.165) is 11.3 Å². The molecule has 0 bridgehead atoms. The lowest BCUT2D eigenvalue weighted by atomic mass is 10.1. The second-order valence-corrected chi connectivity index (χ2v) is 4.70. The largest absolute Gasteiger partial charge is 0.294 e. The first-order chi connectivity index (χ1) is 7.79. The van der Waals surface area contributed by atoms with Gasteiger partial charge in [-0.1, -0.05) is 6.92 Å². The topological polar surface area (TPSA) is 42.9 Å². The zero-order chi connectivity index (χ0) is 11.4. The van der Waals surface area contributed by atoms with Gasteiger partial charge in [0.1, 0.15) is 6.33 Å². The van der Waals surface area contributed by atoms with Crippen LogP contribution in [0.4, 0.5) is 0 Å². The number of aromatic nitrogens is 2. The van der Waals surface area contributed by atoms with Crippen LogP contribution in [0.15, 0.2) is 30.9 Å². The second-order valence-electron chi connectivity index (χ2n) is 3.45. The molecule has 3 nitrogen and oxygen atoms in total. The quantitative estimate of drug-likeness (QED) is 0.761. The lowest BCUT2D eigenvalue weighted by Gasteiger charge is -1.96. The highest BCUT2D eigenvalue weighted by Gasteiger charge is 2.08. The Balaban J connectivity index is 2.08. The first-order valence-electron chi connectivity index (χ1n) is 5.15. The lowest BCUT2D eigenvalue weighted by molar-refractivity contribution is 0.0993. The molecule has 0 radical (unpaired) electrons. The molecule has 2 rings (SSSR count). The molecule has 2 heterocycles. The smallest absolute Gasteiger partial charge is 0.171 e. The van der Waals surface area contributed by atoms with Gasteiger partial charge in [-0.15, -0.1) is 11.3 Å². The van der Waals surface area contributed by atoms with E-state index in [1.54, 1.807) is 23.7 Å². The monoisotopic (exact) mass is 232 g/mol. The fraction of sp³-hybridized carbons (Fsp3) is 0.250. The van der Waals surface area contributed by atoms with E-state index in [1.807, 2.05) is 6.07 Å². The number of thiophene rings is 1. The third-order valence-electron chi connectivity index (χ3n) is 2.28. The van der Waals surface area contributed by atoms with Crippen molar-refractivity contribution >= 4 is 17.1 Å². The molecule has 0 N–H and O–H groups in total. The van der Waals surface area contributed by atoms with Crippen molar-refractivity contribution in [1.29, 1.82) is 0 Å². The minimum Gasteiger partial charge on any atom is -0.294 e. The molecule has 0 aliphatic rings. The van der Waals surface area contributed by atoms with Gasteiger partial charge in [0.05, 0.1) is 5.56 Å². The number of carbonyl (C=O) groups excluding carboxylic acids is 1. The molecule has 0 saturated carbocycles. The molecule has 0 aromatic carbocycles. The van der Waals surface area contributed by atoms with E-state index < -0.39 is 0 Å². The van der Waals surface area contributed by atoms with Crippen LogP contribution in [-0.2, 0) is 12.8 Å². The fourth-order valence-electron chi connectivity index (χ4n) is 1.41. The molecule has 0 atom stereocenters. The Labute approximate surface area is 98.2 Å². The molecule has 4 heteroatoms. The maximum absolute atomic E-state index is 11.8. The summed E-state index contributed by atoms with van der Waals surface area (Å²) in [4.78, 5) is 21.9. The summed E-state index contributed by atoms with van der Waals surface area (Å²) in [5.74, 6) is 0.0742. The number of Topliss-reactive ketones (excluding diaryl/α,β-unsaturated/α-hetero) is 1. The Morgan fingerprint density at radius 2 is 1.94 bits per heavy atom. The van der Waals surface area contributed by atoms with E-state index in [1.165, 1.54) is 11.2 Å². The molecule has 0 fully saturated rings. The SMILES string of the molecule is CCc1ccc(CC(=O)c2cncnc2)s1. The van der Waals surface area contributed by atoms with E-state index in [-0.39, 0.29) is 5.78 Å². The average Bonchev–Trinajstić information content (AvgIpc) is 2.78. The summed E-state index contributed by atoms with van der Waals surface area (Å²) in [7, 11) is 0. The molecule has 2 aromatic heterocycles. The van der Waals surface area contributed by atoms with Crippen molar-refractivity contribution < 1.29 is 4.79 Å². The van der Waals surface area contributed by atoms with Gasteiger partial charge in [0.15, 0.2) is 5.78 Å². The summed E-state index contributed by atoms with van der Waals surface area (Å²) in [5.41, 5.74) is 0.578. The van der Waals surface area contributed by atoms with Gasteiger partial charge in [-0.2, -0.15) is 0 Å². The van der Waals surface area contributed by atoms with Crippen molar-refractivity contribution in [2.75, 3.05) is 0 Å². The summed E-state index contributed by atoms with van der Waals surface area (Å²) in [6.45, 7) is 2.11. The van der Waals surface area contributed by atoms with Crippen LogP contribution in [0, 0.1) is 0 Å². The Morgan fingerprint density at radius 3 is 2.56 bits per heavy atom. The van der Waals surface area contributed by atoms with Crippen molar-refractivity contribution in [3.63, 3.8) is 0 Å². The van der Waals surface area contributed by atoms with Gasteiger partial charge in [0.2, 0.25) is 0 Å². The van der Waals surface area contributed by atoms with Gasteiger partial charge >= 0.3 is 0 Å². The van der Waals surface area contributed by atoms with E-state index >= 15 is 0 Å². The van der Waals surface area contributed by atoms with Gasteiger partial charge in [0.25, 0.3) is 0 Å². The van der Waals surface area contributed by atoms with Crippen molar-refractivity contribution in [3.05, 3.63) is 46.2 Å². The number of hydrogen-bond acceptors (Lipinski definition) is 4. The Hall–Kier alpha value is -1.55. The minimum atomic E-state index is 0.0742. The highest BCUT2D eigenvalue weighted by molar-refractivity contribution is 7.12. The second kappa shape index (κ2) is 4.99. The van der Waals surface area contributed by atoms with E-state index in [2.05, 4.69) is 23.0 Å². The van der Waals surface area contributed by atoms with Crippen LogP contribution < -0.4 is 0 Å². The molecule has 0 aliphatic carbocycles. The summed E-state index contributed by atoms with van der Waals surface area (Å²) < 4.78 is 0. The number of ketones is 1. The molecule has 2 aromatic rings. The van der Waals surface area contributed by atoms with Crippen LogP contribution in [0.25, 0.3) is 0 Å². The van der Waals surface area contributed by atoms with Crippen molar-refractivity contribution in [1.82, 2.24) is 9.97 Å². The Bertz CT molecular complexity index is 479. The maximum atomic E-state index is 11.8. The van der Waals surface area contributed by atoms with E-state index in [0.29, 0.717) is 12.0 Å². The standard InChI is InChI=1S/C12H12N2OS/c1-2-10-3-4-11(16-10)5-12(15)9-6-13-8-14-7-9/h3-4,6-8H,2,5H2,1H3. The first-order valence-corrected chi connectivity index (χ1v) is 5.97. The Morgan fingerprint density at radius 1 is 1.25 bits per heavy atom. The van der Waals surface area contributed by atoms with Crippen LogP contribution in [0.5, 0.6) is 0 Å². The van der Waals surface area contributed by atoms with Crippen LogP contribution in [0.2, 0.25) is 0 Å². The third-order valence-corrected chi connectivity index (χ3v) is 3.51. The molecule has 0 amide bonds. The molecule has 0 unspecified atom stereocenters. The average molecular weight is 232 g/mol. The Kier molecular flexibility index (Phi) is 3.41. The molecule has 0 aliphatic heterocycles. The van der Waals surface area contributed by atoms with Crippen molar-refractivity contribution in [2.24, 2.45) is 0 Å². The van der Waals surface area contributed by atoms with Crippen LogP contribution >= 0.6 is 11.3 Å². The summed E-state index contributed by atoms with van der Waals surface area (Å²) in [6.07, 6.45) is 6.01. The molecular weight excluding hydrogens is 220 g/mol. The van der Waals surface area contributed by atoms with Gasteiger partial charge < -0.3 is 0 Å². The normalized spacial score (nSPS) is 10.3. The number of rotatable bonds is 4. The van der Waals surface area contributed by atoms with Crippen LogP contribution in [-0.4, -0.2) is 15.8 Å². The number of nitrogens with zero attached hydrogens (tertiary/aromatic N) is 2. The maximum Gasteiger partial charge on any atom is 0.171 e. The van der Waals surface area contributed by atoms with E-state index in [4.69, 9.17) is 0 Å². The van der Waals surface area contributed by atoms with Crippen LogP contribution in [0.1, 0.15) is 27.0 Å². The van der Waals surface area contributed by atoms with Gasteiger partial charge in [0, 0.05) is 28.6 Å². The van der Waals surface area contributed by atoms with Gasteiger partial charge in [-0.3, -0.25) is 4.79 Å². The number of hydrogen-bond donors (Lipinski definition) is 0. The number of aryl methyl sites for hydroxylation is 1. The van der Waals surface area contributed by atoms with Crippen molar-refractivity contribution in [3.8, 4) is 0 Å². The fourth-order valence-corrected chi connectivity index (χ4v) is 2.37. The highest BCUT2D eigenvalue weighted by Crippen LogP contribution is 2.18. The predicted molar refractivity (Wildman–Crippen MR) is 63.8 cm³/mol. The number of carbonyl (C=O) groups is 1. The molecule has 82 valence electrons. The third kappa shape index (κ3) is 2.52.